The van der Waals surface area contributed by atoms with Crippen LogP contribution in [0.5, 0.6) is 11.5 Å². The second-order valence-electron chi connectivity index (χ2n) is 6.44. The van der Waals surface area contributed by atoms with E-state index in [1.165, 1.54) is 4.90 Å². The molecule has 0 aliphatic carbocycles. The van der Waals surface area contributed by atoms with Gasteiger partial charge in [-0.25, -0.2) is 4.79 Å². The first kappa shape index (κ1) is 14.7. The van der Waals surface area contributed by atoms with Crippen LogP contribution >= 0.6 is 0 Å². The Morgan fingerprint density at radius 1 is 1.27 bits per heavy atom. The van der Waals surface area contributed by atoms with Crippen LogP contribution in [0.2, 0.25) is 0 Å². The van der Waals surface area contributed by atoms with E-state index in [0.29, 0.717) is 24.5 Å². The molecule has 0 radical (unpaired) electrons. The summed E-state index contributed by atoms with van der Waals surface area (Å²) < 4.78 is 10.6. The van der Waals surface area contributed by atoms with Crippen LogP contribution in [0.4, 0.5) is 4.79 Å². The lowest BCUT2D eigenvalue weighted by Gasteiger charge is -2.22. The van der Waals surface area contributed by atoms with Gasteiger partial charge < -0.3 is 14.8 Å². The van der Waals surface area contributed by atoms with Crippen LogP contribution in [0.25, 0.3) is 0 Å². The van der Waals surface area contributed by atoms with Crippen molar-refractivity contribution < 1.29 is 19.1 Å². The Labute approximate surface area is 129 Å². The summed E-state index contributed by atoms with van der Waals surface area (Å²) in [6.07, 6.45) is 0.419. The SMILES string of the molecule is CC(C)CN1C(=O)N[C@](C)(Cc2ccc3c(c2)OCO3)C1=O. The number of imide groups is 1. The summed E-state index contributed by atoms with van der Waals surface area (Å²) in [5, 5.41) is 2.82. The van der Waals surface area contributed by atoms with Crippen molar-refractivity contribution in [2.24, 2.45) is 5.92 Å². The molecule has 3 amide bonds. The third-order valence-electron chi connectivity index (χ3n) is 3.89. The van der Waals surface area contributed by atoms with Crippen LogP contribution in [0.3, 0.4) is 0 Å². The first-order valence-corrected chi connectivity index (χ1v) is 7.42. The molecule has 6 heteroatoms. The lowest BCUT2D eigenvalue weighted by molar-refractivity contribution is -0.131. The van der Waals surface area contributed by atoms with E-state index >= 15 is 0 Å². The molecule has 1 aromatic rings. The molecule has 118 valence electrons. The zero-order valence-corrected chi connectivity index (χ0v) is 13.0. The van der Waals surface area contributed by atoms with Gasteiger partial charge in [-0.15, -0.1) is 0 Å². The zero-order chi connectivity index (χ0) is 15.9. The fourth-order valence-electron chi connectivity index (χ4n) is 2.86. The number of nitrogens with one attached hydrogen (secondary N) is 1. The van der Waals surface area contributed by atoms with E-state index in [1.807, 2.05) is 32.0 Å². The van der Waals surface area contributed by atoms with Gasteiger partial charge in [0.1, 0.15) is 5.54 Å². The number of hydrogen-bond acceptors (Lipinski definition) is 4. The Bertz CT molecular complexity index is 629. The van der Waals surface area contributed by atoms with Crippen molar-refractivity contribution in [3.63, 3.8) is 0 Å². The molecule has 0 aromatic heterocycles. The summed E-state index contributed by atoms with van der Waals surface area (Å²) in [5.74, 6) is 1.44. The third kappa shape index (κ3) is 2.49. The average molecular weight is 304 g/mol. The molecule has 1 aromatic carbocycles. The van der Waals surface area contributed by atoms with E-state index in [1.54, 1.807) is 6.92 Å². The number of urea groups is 1. The number of amides is 3. The summed E-state index contributed by atoms with van der Waals surface area (Å²) in [6, 6.07) is 5.26. The van der Waals surface area contributed by atoms with Crippen LogP contribution in [-0.4, -0.2) is 35.7 Å². The topological polar surface area (TPSA) is 67.9 Å². The van der Waals surface area contributed by atoms with Crippen molar-refractivity contribution in [1.82, 2.24) is 10.2 Å². The molecule has 6 nitrogen and oxygen atoms in total. The van der Waals surface area contributed by atoms with Gasteiger partial charge in [0.15, 0.2) is 11.5 Å². The largest absolute Gasteiger partial charge is 0.454 e. The molecular weight excluding hydrogens is 284 g/mol. The Hall–Kier alpha value is -2.24. The van der Waals surface area contributed by atoms with E-state index in [4.69, 9.17) is 9.47 Å². The fraction of sp³-hybridized carbons (Fsp3) is 0.500. The lowest BCUT2D eigenvalue weighted by Crippen LogP contribution is -2.46. The van der Waals surface area contributed by atoms with E-state index < -0.39 is 5.54 Å². The van der Waals surface area contributed by atoms with E-state index in [-0.39, 0.29) is 24.6 Å². The van der Waals surface area contributed by atoms with Gasteiger partial charge in [-0.2, -0.15) is 0 Å². The van der Waals surface area contributed by atoms with Crippen LogP contribution in [0, 0.1) is 5.92 Å². The van der Waals surface area contributed by atoms with Crippen molar-refractivity contribution in [2.75, 3.05) is 13.3 Å². The van der Waals surface area contributed by atoms with E-state index in [0.717, 1.165) is 5.56 Å². The minimum absolute atomic E-state index is 0.177. The minimum Gasteiger partial charge on any atom is -0.454 e. The number of carbonyl (C=O) groups is 2. The van der Waals surface area contributed by atoms with Gasteiger partial charge in [0.05, 0.1) is 0 Å². The summed E-state index contributed by atoms with van der Waals surface area (Å²) in [4.78, 5) is 26.0. The number of ether oxygens (including phenoxy) is 2. The molecule has 1 atom stereocenters. The van der Waals surface area contributed by atoms with E-state index in [9.17, 15) is 9.59 Å². The molecule has 2 aliphatic rings. The lowest BCUT2D eigenvalue weighted by atomic mass is 9.92. The Morgan fingerprint density at radius 2 is 2.00 bits per heavy atom. The van der Waals surface area contributed by atoms with Crippen LogP contribution < -0.4 is 14.8 Å². The maximum absolute atomic E-state index is 12.6. The van der Waals surface area contributed by atoms with Crippen LogP contribution in [0.15, 0.2) is 18.2 Å². The van der Waals surface area contributed by atoms with Gasteiger partial charge >= 0.3 is 6.03 Å². The Kier molecular flexibility index (Phi) is 3.47. The molecule has 0 unspecified atom stereocenters. The molecule has 3 rings (SSSR count). The number of carbonyl (C=O) groups excluding carboxylic acids is 2. The highest BCUT2D eigenvalue weighted by Gasteiger charge is 2.47. The molecule has 2 heterocycles. The summed E-state index contributed by atoms with van der Waals surface area (Å²) in [6.45, 7) is 6.37. The van der Waals surface area contributed by atoms with Gasteiger partial charge in [-0.3, -0.25) is 9.69 Å². The van der Waals surface area contributed by atoms with Crippen molar-refractivity contribution in [3.8, 4) is 11.5 Å². The molecule has 0 spiro atoms. The minimum atomic E-state index is -0.917. The number of fused-ring (bicyclic) bond motifs is 1. The van der Waals surface area contributed by atoms with Crippen molar-refractivity contribution in [3.05, 3.63) is 23.8 Å². The predicted octanol–water partition coefficient (Wildman–Crippen LogP) is 1.92. The van der Waals surface area contributed by atoms with E-state index in [2.05, 4.69) is 5.32 Å². The normalized spacial score (nSPS) is 23.4. The van der Waals surface area contributed by atoms with Gasteiger partial charge in [-0.05, 0) is 30.5 Å². The standard InChI is InChI=1S/C16H20N2O4/c1-10(2)8-18-14(19)16(3,17-15(18)20)7-11-4-5-12-13(6-11)22-9-21-12/h4-6,10H,7-9H2,1-3H3,(H,17,20)/t16-/m1/s1. The summed E-state index contributed by atoms with van der Waals surface area (Å²) >= 11 is 0. The van der Waals surface area contributed by atoms with Gasteiger partial charge in [0.25, 0.3) is 5.91 Å². The Balaban J connectivity index is 1.79. The average Bonchev–Trinajstić information content (AvgIpc) is 2.97. The third-order valence-corrected chi connectivity index (χ3v) is 3.89. The van der Waals surface area contributed by atoms with Gasteiger partial charge in [-0.1, -0.05) is 19.9 Å². The number of benzene rings is 1. The van der Waals surface area contributed by atoms with Gasteiger partial charge in [0, 0.05) is 13.0 Å². The fourth-order valence-corrected chi connectivity index (χ4v) is 2.86. The Morgan fingerprint density at radius 3 is 2.73 bits per heavy atom. The molecule has 0 bridgehead atoms. The molecule has 0 saturated carbocycles. The number of hydrogen-bond donors (Lipinski definition) is 1. The van der Waals surface area contributed by atoms with Crippen LogP contribution in [0.1, 0.15) is 26.3 Å². The summed E-state index contributed by atoms with van der Waals surface area (Å²) in [7, 11) is 0. The smallest absolute Gasteiger partial charge is 0.325 e. The first-order chi connectivity index (χ1) is 10.4. The molecule has 1 saturated heterocycles. The highest BCUT2D eigenvalue weighted by atomic mass is 16.7. The quantitative estimate of drug-likeness (QED) is 0.863. The maximum Gasteiger partial charge on any atom is 0.325 e. The van der Waals surface area contributed by atoms with Crippen molar-refractivity contribution in [1.29, 1.82) is 0 Å². The summed E-state index contributed by atoms with van der Waals surface area (Å²) in [5.41, 5.74) is 0.00597. The second kappa shape index (κ2) is 5.19. The maximum atomic E-state index is 12.6. The van der Waals surface area contributed by atoms with Crippen molar-refractivity contribution in [2.45, 2.75) is 32.7 Å². The first-order valence-electron chi connectivity index (χ1n) is 7.42. The zero-order valence-electron chi connectivity index (χ0n) is 13.0. The monoisotopic (exact) mass is 304 g/mol. The molecule has 22 heavy (non-hydrogen) atoms. The number of rotatable bonds is 4. The van der Waals surface area contributed by atoms with Crippen molar-refractivity contribution >= 4 is 11.9 Å². The molecule has 1 fully saturated rings. The van der Waals surface area contributed by atoms with Crippen LogP contribution in [-0.2, 0) is 11.2 Å². The second-order valence-corrected chi connectivity index (χ2v) is 6.44. The molecule has 1 N–H and O–H groups in total. The number of nitrogens with zero attached hydrogens (tertiary/aromatic N) is 1. The predicted molar refractivity (Wildman–Crippen MR) is 79.8 cm³/mol. The molecular formula is C16H20N2O4. The highest BCUT2D eigenvalue weighted by Crippen LogP contribution is 2.34. The van der Waals surface area contributed by atoms with Gasteiger partial charge in [0.2, 0.25) is 6.79 Å². The molecule has 2 aliphatic heterocycles. The highest BCUT2D eigenvalue weighted by molar-refractivity contribution is 6.06.